The molecule has 3 unspecified atom stereocenters. The number of likely N-dealkylation sites (tertiary alicyclic amines) is 1. The normalized spacial score (nSPS) is 29.6. The Balaban J connectivity index is 1.44. The fourth-order valence-electron chi connectivity index (χ4n) is 4.68. The van der Waals surface area contributed by atoms with Crippen molar-refractivity contribution in [3.8, 4) is 0 Å². The molecular formula is C20H36N4O3. The first-order chi connectivity index (χ1) is 12.9. The van der Waals surface area contributed by atoms with E-state index in [-0.39, 0.29) is 17.9 Å². The van der Waals surface area contributed by atoms with Gasteiger partial charge in [-0.2, -0.15) is 0 Å². The first-order valence-electron chi connectivity index (χ1n) is 10.5. The molecule has 3 aliphatic rings. The van der Waals surface area contributed by atoms with Crippen LogP contribution in [0.25, 0.3) is 0 Å². The van der Waals surface area contributed by atoms with Crippen LogP contribution in [0.4, 0.5) is 0 Å². The molecule has 3 aliphatic heterocycles. The number of carbonyl (C=O) groups is 2. The van der Waals surface area contributed by atoms with Gasteiger partial charge in [0.05, 0.1) is 25.8 Å². The van der Waals surface area contributed by atoms with E-state index in [1.165, 1.54) is 6.42 Å². The summed E-state index contributed by atoms with van der Waals surface area (Å²) < 4.78 is 5.32. The van der Waals surface area contributed by atoms with E-state index in [0.717, 1.165) is 39.3 Å². The molecule has 3 saturated heterocycles. The van der Waals surface area contributed by atoms with Crippen molar-refractivity contribution in [3.05, 3.63) is 0 Å². The summed E-state index contributed by atoms with van der Waals surface area (Å²) >= 11 is 0. The lowest BCUT2D eigenvalue weighted by Gasteiger charge is -2.41. The van der Waals surface area contributed by atoms with Crippen molar-refractivity contribution in [1.29, 1.82) is 0 Å². The maximum Gasteiger partial charge on any atom is 0.239 e. The summed E-state index contributed by atoms with van der Waals surface area (Å²) in [5.41, 5.74) is 0. The van der Waals surface area contributed by atoms with Gasteiger partial charge in [0.2, 0.25) is 11.8 Å². The number of amides is 2. The monoisotopic (exact) mass is 380 g/mol. The van der Waals surface area contributed by atoms with Crippen LogP contribution in [0.15, 0.2) is 0 Å². The van der Waals surface area contributed by atoms with Crippen LogP contribution >= 0.6 is 0 Å². The molecule has 2 amide bonds. The van der Waals surface area contributed by atoms with Crippen molar-refractivity contribution in [2.45, 2.75) is 33.2 Å². The van der Waals surface area contributed by atoms with Crippen molar-refractivity contribution in [2.75, 3.05) is 72.1 Å². The highest BCUT2D eigenvalue weighted by Gasteiger charge is 2.32. The van der Waals surface area contributed by atoms with Gasteiger partial charge < -0.3 is 14.5 Å². The van der Waals surface area contributed by atoms with Crippen LogP contribution in [0, 0.1) is 11.8 Å². The SMILES string of the molecule is CC1CC(C)CN(C(=O)C(C)N2CCN(CC(=O)N3CCOCC3)CC2)C1. The zero-order valence-corrected chi connectivity index (χ0v) is 17.2. The number of nitrogens with zero attached hydrogens (tertiary/aromatic N) is 4. The van der Waals surface area contributed by atoms with Gasteiger partial charge in [-0.25, -0.2) is 0 Å². The van der Waals surface area contributed by atoms with Gasteiger partial charge in [-0.05, 0) is 25.2 Å². The molecule has 7 nitrogen and oxygen atoms in total. The minimum absolute atomic E-state index is 0.0698. The highest BCUT2D eigenvalue weighted by atomic mass is 16.5. The van der Waals surface area contributed by atoms with E-state index < -0.39 is 0 Å². The molecule has 3 atom stereocenters. The molecule has 3 heterocycles. The Labute approximate surface area is 163 Å². The van der Waals surface area contributed by atoms with Crippen LogP contribution < -0.4 is 0 Å². The Bertz CT molecular complexity index is 505. The Morgan fingerprint density at radius 3 is 2.11 bits per heavy atom. The van der Waals surface area contributed by atoms with E-state index in [9.17, 15) is 9.59 Å². The third-order valence-corrected chi connectivity index (χ3v) is 6.22. The third-order valence-electron chi connectivity index (χ3n) is 6.22. The summed E-state index contributed by atoms with van der Waals surface area (Å²) in [6.45, 7) is 14.9. The molecule has 0 bridgehead atoms. The van der Waals surface area contributed by atoms with E-state index in [1.807, 2.05) is 11.8 Å². The molecule has 3 rings (SSSR count). The molecule has 0 radical (unpaired) electrons. The molecule has 0 aromatic carbocycles. The zero-order valence-electron chi connectivity index (χ0n) is 17.2. The molecule has 0 aliphatic carbocycles. The van der Waals surface area contributed by atoms with Gasteiger partial charge in [-0.3, -0.25) is 19.4 Å². The van der Waals surface area contributed by atoms with Gasteiger partial charge in [0.25, 0.3) is 0 Å². The zero-order chi connectivity index (χ0) is 19.4. The van der Waals surface area contributed by atoms with E-state index in [2.05, 4.69) is 28.5 Å². The van der Waals surface area contributed by atoms with E-state index in [0.29, 0.717) is 44.7 Å². The first-order valence-corrected chi connectivity index (χ1v) is 10.5. The van der Waals surface area contributed by atoms with Crippen LogP contribution in [0.5, 0.6) is 0 Å². The molecule has 0 N–H and O–H groups in total. The Kier molecular flexibility index (Phi) is 7.11. The predicted octanol–water partition coefficient (Wildman–Crippen LogP) is 0.356. The van der Waals surface area contributed by atoms with Gasteiger partial charge in [-0.15, -0.1) is 0 Å². The van der Waals surface area contributed by atoms with Gasteiger partial charge >= 0.3 is 0 Å². The van der Waals surface area contributed by atoms with Crippen LogP contribution in [0.2, 0.25) is 0 Å². The highest BCUT2D eigenvalue weighted by Crippen LogP contribution is 2.22. The number of piperidine rings is 1. The number of rotatable bonds is 4. The van der Waals surface area contributed by atoms with Crippen LogP contribution in [-0.2, 0) is 14.3 Å². The number of hydrogen-bond acceptors (Lipinski definition) is 5. The fraction of sp³-hybridized carbons (Fsp3) is 0.900. The summed E-state index contributed by atoms with van der Waals surface area (Å²) in [7, 11) is 0. The van der Waals surface area contributed by atoms with Crippen molar-refractivity contribution < 1.29 is 14.3 Å². The smallest absolute Gasteiger partial charge is 0.239 e. The van der Waals surface area contributed by atoms with Gasteiger partial charge in [0.15, 0.2) is 0 Å². The van der Waals surface area contributed by atoms with Crippen molar-refractivity contribution >= 4 is 11.8 Å². The van der Waals surface area contributed by atoms with E-state index in [4.69, 9.17) is 4.74 Å². The Morgan fingerprint density at radius 1 is 0.926 bits per heavy atom. The average Bonchev–Trinajstić information content (AvgIpc) is 2.67. The molecule has 27 heavy (non-hydrogen) atoms. The highest BCUT2D eigenvalue weighted by molar-refractivity contribution is 5.81. The number of carbonyl (C=O) groups excluding carboxylic acids is 2. The molecule has 0 saturated carbocycles. The molecule has 154 valence electrons. The fourth-order valence-corrected chi connectivity index (χ4v) is 4.68. The quantitative estimate of drug-likeness (QED) is 0.705. The van der Waals surface area contributed by atoms with Gasteiger partial charge in [0, 0.05) is 52.4 Å². The maximum absolute atomic E-state index is 13.0. The average molecular weight is 381 g/mol. The molecule has 0 aromatic rings. The first kappa shape index (κ1) is 20.6. The van der Waals surface area contributed by atoms with Crippen molar-refractivity contribution in [3.63, 3.8) is 0 Å². The standard InChI is InChI=1S/C20H36N4O3/c1-16-12-17(2)14-24(13-16)20(26)18(3)22-6-4-21(5-7-22)15-19(25)23-8-10-27-11-9-23/h16-18H,4-15H2,1-3H3. The number of hydrogen-bond donors (Lipinski definition) is 0. The number of piperazine rings is 1. The lowest BCUT2D eigenvalue weighted by molar-refractivity contribution is -0.141. The molecule has 0 spiro atoms. The maximum atomic E-state index is 13.0. The molecule has 3 fully saturated rings. The Hall–Kier alpha value is -1.18. The topological polar surface area (TPSA) is 56.3 Å². The van der Waals surface area contributed by atoms with Crippen LogP contribution in [0.1, 0.15) is 27.2 Å². The minimum atomic E-state index is -0.0698. The summed E-state index contributed by atoms with van der Waals surface area (Å²) in [5.74, 6) is 1.65. The Morgan fingerprint density at radius 2 is 1.52 bits per heavy atom. The molecular weight excluding hydrogens is 344 g/mol. The van der Waals surface area contributed by atoms with Gasteiger partial charge in [-0.1, -0.05) is 13.8 Å². The molecule has 7 heteroatoms. The molecule has 0 aromatic heterocycles. The lowest BCUT2D eigenvalue weighted by Crippen LogP contribution is -2.57. The largest absolute Gasteiger partial charge is 0.378 e. The predicted molar refractivity (Wildman–Crippen MR) is 104 cm³/mol. The van der Waals surface area contributed by atoms with Crippen molar-refractivity contribution in [1.82, 2.24) is 19.6 Å². The number of morpholine rings is 1. The summed E-state index contributed by atoms with van der Waals surface area (Å²) in [4.78, 5) is 33.8. The third kappa shape index (κ3) is 5.42. The van der Waals surface area contributed by atoms with E-state index >= 15 is 0 Å². The van der Waals surface area contributed by atoms with Gasteiger partial charge in [0.1, 0.15) is 0 Å². The van der Waals surface area contributed by atoms with E-state index in [1.54, 1.807) is 0 Å². The second-order valence-corrected chi connectivity index (χ2v) is 8.67. The lowest BCUT2D eigenvalue weighted by atomic mass is 9.91. The second-order valence-electron chi connectivity index (χ2n) is 8.67. The summed E-state index contributed by atoms with van der Waals surface area (Å²) in [5, 5.41) is 0. The summed E-state index contributed by atoms with van der Waals surface area (Å²) in [6, 6.07) is -0.0698. The number of ether oxygens (including phenoxy) is 1. The van der Waals surface area contributed by atoms with Crippen LogP contribution in [0.3, 0.4) is 0 Å². The second kappa shape index (κ2) is 9.34. The van der Waals surface area contributed by atoms with Crippen molar-refractivity contribution in [2.24, 2.45) is 11.8 Å². The minimum Gasteiger partial charge on any atom is -0.378 e. The summed E-state index contributed by atoms with van der Waals surface area (Å²) in [6.07, 6.45) is 1.22. The van der Waals surface area contributed by atoms with Crippen LogP contribution in [-0.4, -0.2) is 110 Å².